The van der Waals surface area contributed by atoms with Gasteiger partial charge in [0.15, 0.2) is 6.61 Å². The van der Waals surface area contributed by atoms with Crippen LogP contribution in [0.2, 0.25) is 5.02 Å². The van der Waals surface area contributed by atoms with Crippen LogP contribution in [0, 0.1) is 5.92 Å². The number of aromatic nitrogens is 1. The minimum Gasteiger partial charge on any atom is -0.452 e. The van der Waals surface area contributed by atoms with E-state index < -0.39 is 5.97 Å². The maximum atomic E-state index is 12.9. The van der Waals surface area contributed by atoms with E-state index in [1.807, 2.05) is 42.5 Å². The average Bonchev–Trinajstić information content (AvgIpc) is 2.76. The number of ether oxygens (including phenoxy) is 1. The van der Waals surface area contributed by atoms with Gasteiger partial charge in [-0.15, -0.1) is 0 Å². The van der Waals surface area contributed by atoms with Crippen LogP contribution in [0.25, 0.3) is 22.2 Å². The molecule has 0 N–H and O–H groups in total. The Morgan fingerprint density at radius 2 is 1.93 bits per heavy atom. The number of pyridine rings is 1. The van der Waals surface area contributed by atoms with Gasteiger partial charge in [-0.25, -0.2) is 9.78 Å². The van der Waals surface area contributed by atoms with Gasteiger partial charge in [0.25, 0.3) is 5.91 Å². The summed E-state index contributed by atoms with van der Waals surface area (Å²) in [5, 5.41) is 1.23. The molecule has 0 aliphatic carbocycles. The monoisotopic (exact) mass is 422 g/mol. The number of amides is 1. The van der Waals surface area contributed by atoms with Gasteiger partial charge in [0.2, 0.25) is 0 Å². The highest BCUT2D eigenvalue weighted by molar-refractivity contribution is 6.33. The topological polar surface area (TPSA) is 59.5 Å². The molecule has 1 atom stereocenters. The first-order chi connectivity index (χ1) is 14.5. The molecule has 0 unspecified atom stereocenters. The molecule has 0 spiro atoms. The van der Waals surface area contributed by atoms with Crippen molar-refractivity contribution in [1.29, 1.82) is 0 Å². The molecule has 4 rings (SSSR count). The van der Waals surface area contributed by atoms with Crippen molar-refractivity contribution < 1.29 is 14.3 Å². The van der Waals surface area contributed by atoms with E-state index in [0.717, 1.165) is 24.9 Å². The molecule has 6 heteroatoms. The Labute approximate surface area is 180 Å². The quantitative estimate of drug-likeness (QED) is 0.557. The molecule has 154 valence electrons. The van der Waals surface area contributed by atoms with E-state index in [1.54, 1.807) is 17.0 Å². The SMILES string of the molecule is C[C@@H]1CCCN(C(=O)COC(=O)c2cc(-c3ccccc3Cl)nc3ccccc23)C1. The van der Waals surface area contributed by atoms with Crippen LogP contribution in [0.3, 0.4) is 0 Å². The van der Waals surface area contributed by atoms with E-state index >= 15 is 0 Å². The lowest BCUT2D eigenvalue weighted by molar-refractivity contribution is -0.136. The second-order valence-corrected chi connectivity index (χ2v) is 8.12. The number of carbonyl (C=O) groups is 2. The Morgan fingerprint density at radius 1 is 1.17 bits per heavy atom. The van der Waals surface area contributed by atoms with Crippen molar-refractivity contribution in [3.63, 3.8) is 0 Å². The van der Waals surface area contributed by atoms with Crippen LogP contribution < -0.4 is 0 Å². The molecule has 1 saturated heterocycles. The van der Waals surface area contributed by atoms with Crippen molar-refractivity contribution in [3.8, 4) is 11.3 Å². The summed E-state index contributed by atoms with van der Waals surface area (Å²) in [7, 11) is 0. The predicted molar refractivity (Wildman–Crippen MR) is 117 cm³/mol. The number of hydrogen-bond donors (Lipinski definition) is 0. The summed E-state index contributed by atoms with van der Waals surface area (Å²) in [5.41, 5.74) is 2.35. The third-order valence-corrected chi connectivity index (χ3v) is 5.75. The molecule has 0 radical (unpaired) electrons. The van der Waals surface area contributed by atoms with Gasteiger partial charge in [-0.3, -0.25) is 4.79 Å². The fourth-order valence-corrected chi connectivity index (χ4v) is 4.10. The maximum Gasteiger partial charge on any atom is 0.339 e. The molecular formula is C24H23ClN2O3. The van der Waals surface area contributed by atoms with Crippen molar-refractivity contribution in [3.05, 3.63) is 65.2 Å². The van der Waals surface area contributed by atoms with Crippen LogP contribution >= 0.6 is 11.6 Å². The molecule has 1 fully saturated rings. The molecular weight excluding hydrogens is 400 g/mol. The van der Waals surface area contributed by atoms with E-state index in [9.17, 15) is 9.59 Å². The van der Waals surface area contributed by atoms with Gasteiger partial charge in [0.1, 0.15) is 0 Å². The Balaban J connectivity index is 1.60. The number of likely N-dealkylation sites (tertiary alicyclic amines) is 1. The highest BCUT2D eigenvalue weighted by Crippen LogP contribution is 2.30. The number of fused-ring (bicyclic) bond motifs is 1. The largest absolute Gasteiger partial charge is 0.452 e. The molecule has 0 bridgehead atoms. The molecule has 2 aromatic carbocycles. The van der Waals surface area contributed by atoms with Gasteiger partial charge < -0.3 is 9.64 Å². The molecule has 0 saturated carbocycles. The second kappa shape index (κ2) is 8.84. The fourth-order valence-electron chi connectivity index (χ4n) is 3.86. The normalized spacial score (nSPS) is 16.5. The van der Waals surface area contributed by atoms with Crippen molar-refractivity contribution >= 4 is 34.4 Å². The zero-order valence-electron chi connectivity index (χ0n) is 16.8. The summed E-state index contributed by atoms with van der Waals surface area (Å²) in [4.78, 5) is 31.9. The molecule has 1 aliphatic rings. The molecule has 5 nitrogen and oxygen atoms in total. The molecule has 2 heterocycles. The van der Waals surface area contributed by atoms with Crippen molar-refractivity contribution in [1.82, 2.24) is 9.88 Å². The smallest absolute Gasteiger partial charge is 0.339 e. The average molecular weight is 423 g/mol. The standard InChI is InChI=1S/C24H23ClN2O3/c1-16-7-6-12-27(14-16)23(28)15-30-24(29)19-13-22(18-9-2-4-10-20(18)25)26-21-11-5-3-8-17(19)21/h2-5,8-11,13,16H,6-7,12,14-15H2,1H3/t16-/m1/s1. The van der Waals surface area contributed by atoms with Crippen LogP contribution in [-0.2, 0) is 9.53 Å². The lowest BCUT2D eigenvalue weighted by Crippen LogP contribution is -2.41. The van der Waals surface area contributed by atoms with Gasteiger partial charge >= 0.3 is 5.97 Å². The van der Waals surface area contributed by atoms with Gasteiger partial charge in [0, 0.05) is 29.1 Å². The summed E-state index contributed by atoms with van der Waals surface area (Å²) in [6.07, 6.45) is 2.11. The summed E-state index contributed by atoms with van der Waals surface area (Å²) in [5.74, 6) is -0.222. The molecule has 1 aromatic heterocycles. The summed E-state index contributed by atoms with van der Waals surface area (Å²) < 4.78 is 5.42. The van der Waals surface area contributed by atoms with E-state index in [4.69, 9.17) is 16.3 Å². The number of halogens is 1. The van der Waals surface area contributed by atoms with Gasteiger partial charge in [-0.2, -0.15) is 0 Å². The zero-order chi connectivity index (χ0) is 21.1. The van der Waals surface area contributed by atoms with Gasteiger partial charge in [0.05, 0.1) is 16.8 Å². The lowest BCUT2D eigenvalue weighted by Gasteiger charge is -2.30. The Bertz CT molecular complexity index is 1100. The summed E-state index contributed by atoms with van der Waals surface area (Å²) in [6.45, 7) is 3.30. The highest BCUT2D eigenvalue weighted by atomic mass is 35.5. The first-order valence-electron chi connectivity index (χ1n) is 10.1. The minimum absolute atomic E-state index is 0.153. The zero-order valence-corrected chi connectivity index (χ0v) is 17.6. The summed E-state index contributed by atoms with van der Waals surface area (Å²) in [6, 6.07) is 16.4. The van der Waals surface area contributed by atoms with Crippen LogP contribution in [0.5, 0.6) is 0 Å². The van der Waals surface area contributed by atoms with Crippen LogP contribution in [-0.4, -0.2) is 41.5 Å². The molecule has 3 aromatic rings. The fraction of sp³-hybridized carbons (Fsp3) is 0.292. The predicted octanol–water partition coefficient (Wildman–Crippen LogP) is 4.97. The van der Waals surface area contributed by atoms with Gasteiger partial charge in [-0.05, 0) is 37.0 Å². The Hall–Kier alpha value is -2.92. The van der Waals surface area contributed by atoms with Crippen molar-refractivity contribution in [2.24, 2.45) is 5.92 Å². The van der Waals surface area contributed by atoms with Crippen molar-refractivity contribution in [2.45, 2.75) is 19.8 Å². The number of esters is 1. The van der Waals surface area contributed by atoms with E-state index in [1.165, 1.54) is 0 Å². The lowest BCUT2D eigenvalue weighted by atomic mass is 10.0. The van der Waals surface area contributed by atoms with Crippen molar-refractivity contribution in [2.75, 3.05) is 19.7 Å². The van der Waals surface area contributed by atoms with Gasteiger partial charge in [-0.1, -0.05) is 54.9 Å². The number of carbonyl (C=O) groups excluding carboxylic acids is 2. The van der Waals surface area contributed by atoms with Crippen LogP contribution in [0.1, 0.15) is 30.1 Å². The van der Waals surface area contributed by atoms with E-state index in [0.29, 0.717) is 39.6 Å². The third-order valence-electron chi connectivity index (χ3n) is 5.42. The summed E-state index contributed by atoms with van der Waals surface area (Å²) >= 11 is 6.34. The third kappa shape index (κ3) is 4.31. The van der Waals surface area contributed by atoms with E-state index in [-0.39, 0.29) is 12.5 Å². The number of benzene rings is 2. The first kappa shape index (κ1) is 20.4. The molecule has 1 aliphatic heterocycles. The van der Waals surface area contributed by atoms with Crippen LogP contribution in [0.15, 0.2) is 54.6 Å². The molecule has 1 amide bonds. The first-order valence-corrected chi connectivity index (χ1v) is 10.5. The number of nitrogens with zero attached hydrogens (tertiary/aromatic N) is 2. The molecule has 30 heavy (non-hydrogen) atoms. The van der Waals surface area contributed by atoms with Crippen LogP contribution in [0.4, 0.5) is 0 Å². The highest BCUT2D eigenvalue weighted by Gasteiger charge is 2.23. The number of para-hydroxylation sites is 1. The number of hydrogen-bond acceptors (Lipinski definition) is 4. The van der Waals surface area contributed by atoms with E-state index in [2.05, 4.69) is 11.9 Å². The maximum absolute atomic E-state index is 12.9. The number of rotatable bonds is 4. The Morgan fingerprint density at radius 3 is 2.73 bits per heavy atom. The Kier molecular flexibility index (Phi) is 6.00. The second-order valence-electron chi connectivity index (χ2n) is 7.72. The minimum atomic E-state index is -0.541. The number of piperidine rings is 1.